The molecular formula is C14H15BrINS. The molecule has 0 amide bonds. The second-order valence-corrected chi connectivity index (χ2v) is 7.79. The Balaban J connectivity index is 2.51. The number of thiophene rings is 1. The van der Waals surface area contributed by atoms with Gasteiger partial charge in [-0.15, -0.1) is 11.3 Å². The van der Waals surface area contributed by atoms with Gasteiger partial charge in [0, 0.05) is 17.8 Å². The maximum Gasteiger partial charge on any atom is 0.0596 e. The Morgan fingerprint density at radius 3 is 2.50 bits per heavy atom. The quantitative estimate of drug-likeness (QED) is 0.666. The SMILES string of the molecule is CNC(c1cc(Br)ccc1I)c1cc(C)sc1C. The van der Waals surface area contributed by atoms with Crippen molar-refractivity contribution in [1.82, 2.24) is 5.32 Å². The third kappa shape index (κ3) is 2.98. The number of halogens is 2. The Labute approximate surface area is 134 Å². The van der Waals surface area contributed by atoms with E-state index >= 15 is 0 Å². The molecule has 1 unspecified atom stereocenters. The first kappa shape index (κ1) is 14.5. The molecule has 4 heteroatoms. The summed E-state index contributed by atoms with van der Waals surface area (Å²) in [5, 5.41) is 3.44. The minimum Gasteiger partial charge on any atom is -0.309 e. The van der Waals surface area contributed by atoms with E-state index in [1.807, 2.05) is 18.4 Å². The first-order chi connectivity index (χ1) is 8.52. The minimum atomic E-state index is 0.263. The predicted octanol–water partition coefficient (Wildman–Crippen LogP) is 5.04. The average molecular weight is 436 g/mol. The molecule has 0 bridgehead atoms. The number of rotatable bonds is 3. The molecule has 0 saturated heterocycles. The Morgan fingerprint density at radius 2 is 1.94 bits per heavy atom. The van der Waals surface area contributed by atoms with Gasteiger partial charge in [0.25, 0.3) is 0 Å². The summed E-state index contributed by atoms with van der Waals surface area (Å²) in [5.41, 5.74) is 2.71. The summed E-state index contributed by atoms with van der Waals surface area (Å²) in [6, 6.07) is 9.00. The monoisotopic (exact) mass is 435 g/mol. The molecule has 18 heavy (non-hydrogen) atoms. The highest BCUT2D eigenvalue weighted by Crippen LogP contribution is 2.33. The number of benzene rings is 1. The van der Waals surface area contributed by atoms with E-state index in [4.69, 9.17) is 0 Å². The van der Waals surface area contributed by atoms with Crippen molar-refractivity contribution in [2.75, 3.05) is 7.05 Å². The van der Waals surface area contributed by atoms with Crippen LogP contribution in [0.15, 0.2) is 28.7 Å². The van der Waals surface area contributed by atoms with Crippen LogP contribution in [0.5, 0.6) is 0 Å². The normalized spacial score (nSPS) is 12.7. The zero-order valence-electron chi connectivity index (χ0n) is 10.6. The van der Waals surface area contributed by atoms with Crippen molar-refractivity contribution in [3.63, 3.8) is 0 Å². The van der Waals surface area contributed by atoms with Crippen molar-refractivity contribution in [1.29, 1.82) is 0 Å². The topological polar surface area (TPSA) is 12.0 Å². The van der Waals surface area contributed by atoms with Gasteiger partial charge < -0.3 is 5.32 Å². The zero-order chi connectivity index (χ0) is 13.3. The Morgan fingerprint density at radius 1 is 1.22 bits per heavy atom. The molecule has 0 fully saturated rings. The first-order valence-corrected chi connectivity index (χ1v) is 8.41. The molecule has 0 spiro atoms. The van der Waals surface area contributed by atoms with E-state index in [-0.39, 0.29) is 6.04 Å². The molecule has 0 aliphatic heterocycles. The Kier molecular flexibility index (Phi) is 4.86. The lowest BCUT2D eigenvalue weighted by molar-refractivity contribution is 0.687. The van der Waals surface area contributed by atoms with E-state index in [0.717, 1.165) is 4.47 Å². The van der Waals surface area contributed by atoms with Gasteiger partial charge in [-0.2, -0.15) is 0 Å². The standard InChI is InChI=1S/C14H15BrINS/c1-8-6-11(9(2)18-8)14(17-3)12-7-10(15)4-5-13(12)16/h4-7,14,17H,1-3H3. The van der Waals surface area contributed by atoms with E-state index in [9.17, 15) is 0 Å². The molecule has 1 N–H and O–H groups in total. The van der Waals surface area contributed by atoms with Crippen LogP contribution in [0.3, 0.4) is 0 Å². The van der Waals surface area contributed by atoms with Crippen LogP contribution in [0.4, 0.5) is 0 Å². The lowest BCUT2D eigenvalue weighted by Crippen LogP contribution is -2.19. The van der Waals surface area contributed by atoms with Crippen molar-refractivity contribution in [3.05, 3.63) is 53.2 Å². The fourth-order valence-electron chi connectivity index (χ4n) is 2.15. The highest BCUT2D eigenvalue weighted by Gasteiger charge is 2.18. The van der Waals surface area contributed by atoms with Gasteiger partial charge in [-0.1, -0.05) is 15.9 Å². The second-order valence-electron chi connectivity index (χ2n) is 4.26. The van der Waals surface area contributed by atoms with Crippen LogP contribution in [-0.4, -0.2) is 7.05 Å². The molecule has 0 aliphatic rings. The molecule has 1 nitrogen and oxygen atoms in total. The van der Waals surface area contributed by atoms with Crippen LogP contribution in [-0.2, 0) is 0 Å². The molecule has 0 saturated carbocycles. The van der Waals surface area contributed by atoms with Crippen LogP contribution >= 0.6 is 49.9 Å². The summed E-state index contributed by atoms with van der Waals surface area (Å²) in [4.78, 5) is 2.76. The summed E-state index contributed by atoms with van der Waals surface area (Å²) in [5.74, 6) is 0. The predicted molar refractivity (Wildman–Crippen MR) is 91.6 cm³/mol. The largest absolute Gasteiger partial charge is 0.309 e. The Hall–Kier alpha value is 0.0900. The van der Waals surface area contributed by atoms with Crippen molar-refractivity contribution in [3.8, 4) is 0 Å². The molecule has 0 radical (unpaired) electrons. The molecule has 1 heterocycles. The van der Waals surface area contributed by atoms with Crippen LogP contribution in [0, 0.1) is 17.4 Å². The van der Waals surface area contributed by atoms with Crippen molar-refractivity contribution < 1.29 is 0 Å². The maximum absolute atomic E-state index is 3.56. The highest BCUT2D eigenvalue weighted by molar-refractivity contribution is 14.1. The average Bonchev–Trinajstić information content (AvgIpc) is 2.64. The summed E-state index contributed by atoms with van der Waals surface area (Å²) < 4.78 is 2.42. The van der Waals surface area contributed by atoms with Gasteiger partial charge in [0.15, 0.2) is 0 Å². The van der Waals surface area contributed by atoms with Gasteiger partial charge in [0.1, 0.15) is 0 Å². The van der Waals surface area contributed by atoms with Gasteiger partial charge >= 0.3 is 0 Å². The smallest absolute Gasteiger partial charge is 0.0596 e. The van der Waals surface area contributed by atoms with Gasteiger partial charge in [-0.3, -0.25) is 0 Å². The van der Waals surface area contributed by atoms with E-state index in [1.165, 1.54) is 24.5 Å². The number of nitrogens with one attached hydrogen (secondary N) is 1. The molecular weight excluding hydrogens is 421 g/mol. The lowest BCUT2D eigenvalue weighted by atomic mass is 9.99. The fraction of sp³-hybridized carbons (Fsp3) is 0.286. The molecule has 2 aromatic rings. The summed E-state index contributed by atoms with van der Waals surface area (Å²) in [7, 11) is 2.02. The van der Waals surface area contributed by atoms with Crippen LogP contribution in [0.1, 0.15) is 26.9 Å². The first-order valence-electron chi connectivity index (χ1n) is 5.72. The van der Waals surface area contributed by atoms with E-state index in [2.05, 4.69) is 82.0 Å². The molecule has 1 aromatic carbocycles. The number of hydrogen-bond acceptors (Lipinski definition) is 2. The zero-order valence-corrected chi connectivity index (χ0v) is 15.1. The van der Waals surface area contributed by atoms with Crippen LogP contribution in [0.25, 0.3) is 0 Å². The minimum absolute atomic E-state index is 0.263. The Bertz CT molecular complexity index is 565. The fourth-order valence-corrected chi connectivity index (χ4v) is 4.14. The molecule has 96 valence electrons. The van der Waals surface area contributed by atoms with E-state index in [0.29, 0.717) is 0 Å². The third-order valence-corrected chi connectivity index (χ3v) is 5.41. The second kappa shape index (κ2) is 6.03. The van der Waals surface area contributed by atoms with Gasteiger partial charge in [0.05, 0.1) is 6.04 Å². The van der Waals surface area contributed by atoms with Crippen molar-refractivity contribution >= 4 is 49.9 Å². The van der Waals surface area contributed by atoms with Gasteiger partial charge in [-0.05, 0) is 78.9 Å². The van der Waals surface area contributed by atoms with Crippen molar-refractivity contribution in [2.24, 2.45) is 0 Å². The van der Waals surface area contributed by atoms with Gasteiger partial charge in [0.2, 0.25) is 0 Å². The van der Waals surface area contributed by atoms with Gasteiger partial charge in [-0.25, -0.2) is 0 Å². The summed E-state index contributed by atoms with van der Waals surface area (Å²) >= 11 is 7.83. The maximum atomic E-state index is 3.56. The van der Waals surface area contributed by atoms with Crippen LogP contribution < -0.4 is 5.32 Å². The lowest BCUT2D eigenvalue weighted by Gasteiger charge is -2.19. The molecule has 1 aromatic heterocycles. The molecule has 2 rings (SSSR count). The summed E-state index contributed by atoms with van der Waals surface area (Å²) in [6.45, 7) is 4.36. The highest BCUT2D eigenvalue weighted by atomic mass is 127. The van der Waals surface area contributed by atoms with E-state index in [1.54, 1.807) is 0 Å². The number of aryl methyl sites for hydroxylation is 2. The van der Waals surface area contributed by atoms with Crippen molar-refractivity contribution in [2.45, 2.75) is 19.9 Å². The molecule has 0 aliphatic carbocycles. The number of hydrogen-bond donors (Lipinski definition) is 1. The summed E-state index contributed by atoms with van der Waals surface area (Å²) in [6.07, 6.45) is 0. The van der Waals surface area contributed by atoms with E-state index < -0.39 is 0 Å². The molecule has 1 atom stereocenters. The third-order valence-electron chi connectivity index (χ3n) is 2.95. The van der Waals surface area contributed by atoms with Crippen LogP contribution in [0.2, 0.25) is 0 Å².